The van der Waals surface area contributed by atoms with Crippen LogP contribution in [0.1, 0.15) is 53.5 Å². The highest BCUT2D eigenvalue weighted by molar-refractivity contribution is 5.91. The van der Waals surface area contributed by atoms with Crippen molar-refractivity contribution in [2.75, 3.05) is 30.9 Å². The molecule has 1 rings (SSSR count). The molecule has 0 heterocycles. The molecule has 0 bridgehead atoms. The van der Waals surface area contributed by atoms with Crippen molar-refractivity contribution in [1.82, 2.24) is 10.2 Å². The summed E-state index contributed by atoms with van der Waals surface area (Å²) in [5.74, 6) is 0.648. The van der Waals surface area contributed by atoms with Gasteiger partial charge in [-0.25, -0.2) is 4.79 Å². The van der Waals surface area contributed by atoms with E-state index in [2.05, 4.69) is 31.4 Å². The lowest BCUT2D eigenvalue weighted by Gasteiger charge is -2.33. The summed E-state index contributed by atoms with van der Waals surface area (Å²) in [4.78, 5) is 28.8. The molecule has 0 fully saturated rings. The fraction of sp³-hybridized carbons (Fsp3) is 0.636. The van der Waals surface area contributed by atoms with Gasteiger partial charge in [0.2, 0.25) is 5.91 Å². The molecule has 0 spiro atoms. The van der Waals surface area contributed by atoms with Crippen molar-refractivity contribution in [3.8, 4) is 0 Å². The quantitative estimate of drug-likeness (QED) is 0.660. The topological polar surface area (TPSA) is 64.7 Å². The second kappa shape index (κ2) is 10.9. The van der Waals surface area contributed by atoms with Crippen molar-refractivity contribution in [2.45, 2.75) is 60.5 Å². The van der Waals surface area contributed by atoms with Gasteiger partial charge in [0.1, 0.15) is 0 Å². The van der Waals surface area contributed by atoms with E-state index in [-0.39, 0.29) is 18.0 Å². The number of amides is 3. The highest BCUT2D eigenvalue weighted by atomic mass is 16.2. The highest BCUT2D eigenvalue weighted by Crippen LogP contribution is 2.26. The predicted octanol–water partition coefficient (Wildman–Crippen LogP) is 4.31. The fourth-order valence-corrected chi connectivity index (χ4v) is 3.01. The van der Waals surface area contributed by atoms with Crippen LogP contribution in [-0.4, -0.2) is 43.5 Å². The maximum atomic E-state index is 12.7. The van der Waals surface area contributed by atoms with Crippen LogP contribution >= 0.6 is 0 Å². The Hall–Kier alpha value is -2.24. The minimum absolute atomic E-state index is 0.00897. The molecule has 158 valence electrons. The molecule has 6 nitrogen and oxygen atoms in total. The zero-order valence-corrected chi connectivity index (χ0v) is 18.8. The van der Waals surface area contributed by atoms with E-state index in [0.29, 0.717) is 31.3 Å². The van der Waals surface area contributed by atoms with Gasteiger partial charge in [-0.3, -0.25) is 4.79 Å². The monoisotopic (exact) mass is 390 g/mol. The summed E-state index contributed by atoms with van der Waals surface area (Å²) < 4.78 is 0. The Bertz CT molecular complexity index is 656. The number of anilines is 2. The normalized spacial score (nSPS) is 12.1. The maximum absolute atomic E-state index is 12.7. The van der Waals surface area contributed by atoms with Crippen LogP contribution in [-0.2, 0) is 11.3 Å². The van der Waals surface area contributed by atoms with Gasteiger partial charge >= 0.3 is 6.03 Å². The van der Waals surface area contributed by atoms with Crippen LogP contribution < -0.4 is 15.5 Å². The first-order chi connectivity index (χ1) is 13.1. The van der Waals surface area contributed by atoms with Crippen molar-refractivity contribution in [3.63, 3.8) is 0 Å². The first kappa shape index (κ1) is 23.8. The summed E-state index contributed by atoms with van der Waals surface area (Å²) in [6, 6.07) is 5.91. The zero-order valence-electron chi connectivity index (χ0n) is 18.8. The van der Waals surface area contributed by atoms with Crippen LogP contribution in [0.15, 0.2) is 18.2 Å². The molecule has 1 aromatic carbocycles. The SMILES string of the molecule is CCNC(=O)N(Cc1cc(NC(=O)CC(C)C)ccc1N(C)C)[C@@H](C)C(C)C. The van der Waals surface area contributed by atoms with Gasteiger partial charge in [0.25, 0.3) is 0 Å². The predicted molar refractivity (Wildman–Crippen MR) is 118 cm³/mol. The van der Waals surface area contributed by atoms with Gasteiger partial charge in [-0.15, -0.1) is 0 Å². The zero-order chi connectivity index (χ0) is 21.4. The van der Waals surface area contributed by atoms with E-state index in [0.717, 1.165) is 16.9 Å². The number of carbonyl (C=O) groups is 2. The van der Waals surface area contributed by atoms with Crippen LogP contribution in [0.3, 0.4) is 0 Å². The van der Waals surface area contributed by atoms with Gasteiger partial charge in [0.15, 0.2) is 0 Å². The molecule has 2 N–H and O–H groups in total. The smallest absolute Gasteiger partial charge is 0.317 e. The summed E-state index contributed by atoms with van der Waals surface area (Å²) in [5.41, 5.74) is 2.80. The number of nitrogens with zero attached hydrogens (tertiary/aromatic N) is 2. The molecule has 0 aliphatic carbocycles. The molecule has 0 unspecified atom stereocenters. The number of rotatable bonds is 9. The summed E-state index contributed by atoms with van der Waals surface area (Å²) in [7, 11) is 3.97. The molecule has 3 amide bonds. The lowest BCUT2D eigenvalue weighted by atomic mass is 10.0. The van der Waals surface area contributed by atoms with Crippen LogP contribution in [0.5, 0.6) is 0 Å². The molecule has 0 saturated carbocycles. The second-order valence-electron chi connectivity index (χ2n) is 8.33. The molecule has 0 aliphatic heterocycles. The highest BCUT2D eigenvalue weighted by Gasteiger charge is 2.24. The molecule has 0 aromatic heterocycles. The van der Waals surface area contributed by atoms with Crippen LogP contribution in [0, 0.1) is 11.8 Å². The van der Waals surface area contributed by atoms with Gasteiger partial charge in [0, 0.05) is 51.0 Å². The summed E-state index contributed by atoms with van der Waals surface area (Å²) in [6.45, 7) is 13.3. The number of hydrogen-bond donors (Lipinski definition) is 2. The maximum Gasteiger partial charge on any atom is 0.317 e. The largest absolute Gasteiger partial charge is 0.377 e. The van der Waals surface area contributed by atoms with E-state index in [4.69, 9.17) is 0 Å². The van der Waals surface area contributed by atoms with Gasteiger partial charge in [-0.1, -0.05) is 27.7 Å². The molecule has 0 aliphatic rings. The molecule has 1 aromatic rings. The Kier molecular flexibility index (Phi) is 9.29. The van der Waals surface area contributed by atoms with E-state index in [1.807, 2.05) is 62.9 Å². The molecule has 28 heavy (non-hydrogen) atoms. The Labute approximate surface area is 170 Å². The summed E-state index contributed by atoms with van der Waals surface area (Å²) in [6.07, 6.45) is 0.486. The number of urea groups is 1. The molecular weight excluding hydrogens is 352 g/mol. The van der Waals surface area contributed by atoms with Crippen LogP contribution in [0.25, 0.3) is 0 Å². The Morgan fingerprint density at radius 2 is 1.71 bits per heavy atom. The Morgan fingerprint density at radius 3 is 2.21 bits per heavy atom. The Morgan fingerprint density at radius 1 is 1.07 bits per heavy atom. The lowest BCUT2D eigenvalue weighted by molar-refractivity contribution is -0.116. The Balaban J connectivity index is 3.19. The third-order valence-electron chi connectivity index (χ3n) is 4.82. The third-order valence-corrected chi connectivity index (χ3v) is 4.82. The molecule has 1 atom stereocenters. The molecule has 6 heteroatoms. The van der Waals surface area contributed by atoms with E-state index >= 15 is 0 Å². The first-order valence-corrected chi connectivity index (χ1v) is 10.2. The van der Waals surface area contributed by atoms with Crippen LogP contribution in [0.2, 0.25) is 0 Å². The van der Waals surface area contributed by atoms with Crippen molar-refractivity contribution < 1.29 is 9.59 Å². The third kappa shape index (κ3) is 7.06. The number of carbonyl (C=O) groups excluding carboxylic acids is 2. The van der Waals surface area contributed by atoms with Crippen molar-refractivity contribution in [2.24, 2.45) is 11.8 Å². The molecular formula is C22H38N4O2. The fourth-order valence-electron chi connectivity index (χ4n) is 3.01. The average Bonchev–Trinajstić information content (AvgIpc) is 2.58. The minimum Gasteiger partial charge on any atom is -0.377 e. The van der Waals surface area contributed by atoms with E-state index in [1.54, 1.807) is 0 Å². The number of nitrogens with one attached hydrogen (secondary N) is 2. The van der Waals surface area contributed by atoms with E-state index in [9.17, 15) is 9.59 Å². The van der Waals surface area contributed by atoms with Crippen molar-refractivity contribution in [1.29, 1.82) is 0 Å². The summed E-state index contributed by atoms with van der Waals surface area (Å²) >= 11 is 0. The van der Waals surface area contributed by atoms with Gasteiger partial charge in [-0.2, -0.15) is 0 Å². The number of benzene rings is 1. The standard InChI is InChI=1S/C22H38N4O2/c1-9-23-22(28)26(17(6)16(4)5)14-18-13-19(10-11-20(18)25(7)8)24-21(27)12-15(2)3/h10-11,13,15-17H,9,12,14H2,1-8H3,(H,23,28)(H,24,27)/t17-/m0/s1. The van der Waals surface area contributed by atoms with Crippen molar-refractivity contribution in [3.05, 3.63) is 23.8 Å². The van der Waals surface area contributed by atoms with Crippen molar-refractivity contribution >= 4 is 23.3 Å². The van der Waals surface area contributed by atoms with E-state index in [1.165, 1.54) is 0 Å². The molecule has 0 saturated heterocycles. The average molecular weight is 391 g/mol. The summed E-state index contributed by atoms with van der Waals surface area (Å²) in [5, 5.41) is 5.91. The number of hydrogen-bond acceptors (Lipinski definition) is 3. The minimum atomic E-state index is -0.0670. The molecule has 0 radical (unpaired) electrons. The van der Waals surface area contributed by atoms with E-state index < -0.39 is 0 Å². The second-order valence-corrected chi connectivity index (χ2v) is 8.33. The van der Waals surface area contributed by atoms with Gasteiger partial charge < -0.3 is 20.4 Å². The van der Waals surface area contributed by atoms with Gasteiger partial charge in [0.05, 0.1) is 0 Å². The van der Waals surface area contributed by atoms with Gasteiger partial charge in [-0.05, 0) is 49.4 Å². The lowest BCUT2D eigenvalue weighted by Crippen LogP contribution is -2.46. The van der Waals surface area contributed by atoms with Crippen LogP contribution in [0.4, 0.5) is 16.2 Å². The first-order valence-electron chi connectivity index (χ1n) is 10.2.